The van der Waals surface area contributed by atoms with Crippen LogP contribution in [0.5, 0.6) is 11.5 Å². The first-order valence-electron chi connectivity index (χ1n) is 9.65. The molecular weight excluding hydrogens is 467 g/mol. The van der Waals surface area contributed by atoms with Gasteiger partial charge in [0.05, 0.1) is 18.4 Å². The molecule has 33 heavy (non-hydrogen) atoms. The summed E-state index contributed by atoms with van der Waals surface area (Å²) in [5.74, 6) is -1.14. The van der Waals surface area contributed by atoms with Gasteiger partial charge >= 0.3 is 5.97 Å². The van der Waals surface area contributed by atoms with Crippen LogP contribution >= 0.6 is 23.2 Å². The fourth-order valence-corrected chi connectivity index (χ4v) is 3.49. The second kappa shape index (κ2) is 9.36. The van der Waals surface area contributed by atoms with Crippen LogP contribution in [0, 0.1) is 0 Å². The quantitative estimate of drug-likeness (QED) is 0.302. The van der Waals surface area contributed by atoms with Crippen molar-refractivity contribution >= 4 is 52.4 Å². The smallest absolute Gasteiger partial charge is 0.343 e. The summed E-state index contributed by atoms with van der Waals surface area (Å²) in [7, 11) is 1.44. The summed E-state index contributed by atoms with van der Waals surface area (Å²) < 4.78 is 10.5. The van der Waals surface area contributed by atoms with Crippen molar-refractivity contribution < 1.29 is 23.9 Å². The summed E-state index contributed by atoms with van der Waals surface area (Å²) in [6, 6.07) is 19.2. The van der Waals surface area contributed by atoms with Gasteiger partial charge in [0.15, 0.2) is 0 Å². The fraction of sp³-hybridized carbons (Fsp3) is 0.0417. The highest BCUT2D eigenvalue weighted by Crippen LogP contribution is 2.35. The van der Waals surface area contributed by atoms with E-state index in [1.807, 2.05) is 0 Å². The summed E-state index contributed by atoms with van der Waals surface area (Å²) >= 11 is 12.0. The molecule has 3 aromatic rings. The number of nitrogens with one attached hydrogen (secondary N) is 1. The monoisotopic (exact) mass is 482 g/mol. The Kier molecular flexibility index (Phi) is 6.35. The average molecular weight is 483 g/mol. The van der Waals surface area contributed by atoms with Crippen molar-refractivity contribution in [2.75, 3.05) is 17.3 Å². The Morgan fingerprint density at radius 1 is 0.879 bits per heavy atom. The molecule has 0 aromatic heterocycles. The van der Waals surface area contributed by atoms with E-state index in [0.29, 0.717) is 27.8 Å². The number of imide groups is 1. The topological polar surface area (TPSA) is 84.9 Å². The molecule has 1 N–H and O–H groups in total. The lowest BCUT2D eigenvalue weighted by Gasteiger charge is -2.17. The Labute approximate surface area is 199 Å². The van der Waals surface area contributed by atoms with E-state index in [2.05, 4.69) is 5.32 Å². The summed E-state index contributed by atoms with van der Waals surface area (Å²) in [5, 5.41) is 3.14. The number of halogens is 2. The zero-order chi connectivity index (χ0) is 23.5. The minimum atomic E-state index is -0.670. The van der Waals surface area contributed by atoms with E-state index in [-0.39, 0.29) is 16.4 Å². The van der Waals surface area contributed by atoms with Gasteiger partial charge in [-0.2, -0.15) is 0 Å². The number of nitrogens with zero attached hydrogens (tertiary/aromatic N) is 1. The minimum Gasteiger partial charge on any atom is -0.495 e. The Balaban J connectivity index is 1.49. The standard InChI is InChI=1S/C24H16Cl2N2O5/c1-32-19-5-3-2-4-18(19)28-22(29)20(26)21(23(28)30)27-16-10-6-14(7-11-16)24(31)33-17-12-8-15(25)9-13-17/h2-13,27H,1H3. The number of rotatable bonds is 6. The molecule has 2 amide bonds. The van der Waals surface area contributed by atoms with E-state index in [1.165, 1.54) is 19.2 Å². The molecule has 1 heterocycles. The number of hydrogen-bond acceptors (Lipinski definition) is 6. The average Bonchev–Trinajstić information content (AvgIpc) is 3.04. The number of benzene rings is 3. The molecule has 9 heteroatoms. The lowest BCUT2D eigenvalue weighted by molar-refractivity contribution is -0.120. The molecule has 0 atom stereocenters. The maximum absolute atomic E-state index is 13.0. The predicted octanol–water partition coefficient (Wildman–Crippen LogP) is 5.00. The molecule has 4 rings (SSSR count). The molecule has 0 bridgehead atoms. The SMILES string of the molecule is COc1ccccc1N1C(=O)C(Cl)=C(Nc2ccc(C(=O)Oc3ccc(Cl)cc3)cc2)C1=O. The number of carbonyl (C=O) groups is 3. The third-order valence-electron chi connectivity index (χ3n) is 4.77. The lowest BCUT2D eigenvalue weighted by atomic mass is 10.2. The molecule has 0 unspecified atom stereocenters. The van der Waals surface area contributed by atoms with Crippen LogP contribution in [0.1, 0.15) is 10.4 Å². The number of para-hydroxylation sites is 2. The Morgan fingerprint density at radius 2 is 1.55 bits per heavy atom. The van der Waals surface area contributed by atoms with Gasteiger partial charge in [-0.1, -0.05) is 35.3 Å². The van der Waals surface area contributed by atoms with Crippen molar-refractivity contribution in [1.82, 2.24) is 0 Å². The molecule has 7 nitrogen and oxygen atoms in total. The zero-order valence-corrected chi connectivity index (χ0v) is 18.7. The summed E-state index contributed by atoms with van der Waals surface area (Å²) in [5.41, 5.74) is 0.948. The molecular formula is C24H16Cl2N2O5. The first kappa shape index (κ1) is 22.4. The maximum Gasteiger partial charge on any atom is 0.343 e. The van der Waals surface area contributed by atoms with Crippen LogP contribution in [0.15, 0.2) is 83.5 Å². The summed E-state index contributed by atoms with van der Waals surface area (Å²) in [6.07, 6.45) is 0. The van der Waals surface area contributed by atoms with Gasteiger partial charge in [-0.3, -0.25) is 9.59 Å². The number of methoxy groups -OCH3 is 1. The number of hydrogen-bond donors (Lipinski definition) is 1. The van der Waals surface area contributed by atoms with E-state index < -0.39 is 17.8 Å². The van der Waals surface area contributed by atoms with Gasteiger partial charge in [-0.25, -0.2) is 9.69 Å². The van der Waals surface area contributed by atoms with Gasteiger partial charge in [0.25, 0.3) is 11.8 Å². The van der Waals surface area contributed by atoms with Gasteiger partial charge in [0.2, 0.25) is 0 Å². The van der Waals surface area contributed by atoms with E-state index in [0.717, 1.165) is 4.90 Å². The van der Waals surface area contributed by atoms with Crippen molar-refractivity contribution in [1.29, 1.82) is 0 Å². The second-order valence-corrected chi connectivity index (χ2v) is 7.67. The van der Waals surface area contributed by atoms with Gasteiger partial charge in [-0.05, 0) is 60.7 Å². The number of carbonyl (C=O) groups excluding carboxylic acids is 3. The van der Waals surface area contributed by atoms with Crippen LogP contribution in [0.4, 0.5) is 11.4 Å². The van der Waals surface area contributed by atoms with E-state index in [4.69, 9.17) is 32.7 Å². The first-order chi connectivity index (χ1) is 15.9. The molecule has 0 radical (unpaired) electrons. The largest absolute Gasteiger partial charge is 0.495 e. The van der Waals surface area contributed by atoms with Crippen molar-refractivity contribution in [3.8, 4) is 11.5 Å². The Bertz CT molecular complexity index is 1270. The molecule has 1 aliphatic rings. The molecule has 0 saturated heterocycles. The van der Waals surface area contributed by atoms with E-state index in [1.54, 1.807) is 60.7 Å². The third kappa shape index (κ3) is 4.55. The zero-order valence-electron chi connectivity index (χ0n) is 17.2. The molecule has 0 aliphatic carbocycles. The highest BCUT2D eigenvalue weighted by Gasteiger charge is 2.40. The third-order valence-corrected chi connectivity index (χ3v) is 5.37. The van der Waals surface area contributed by atoms with Gasteiger partial charge in [0, 0.05) is 10.7 Å². The minimum absolute atomic E-state index is 0.0796. The van der Waals surface area contributed by atoms with Crippen molar-refractivity contribution in [3.63, 3.8) is 0 Å². The molecule has 3 aromatic carbocycles. The van der Waals surface area contributed by atoms with Gasteiger partial charge < -0.3 is 14.8 Å². The Morgan fingerprint density at radius 3 is 2.21 bits per heavy atom. The number of anilines is 2. The van der Waals surface area contributed by atoms with Crippen LogP contribution in [-0.4, -0.2) is 24.9 Å². The summed E-state index contributed by atoms with van der Waals surface area (Å²) in [6.45, 7) is 0. The van der Waals surface area contributed by atoms with Gasteiger partial charge in [-0.15, -0.1) is 0 Å². The molecule has 1 aliphatic heterocycles. The van der Waals surface area contributed by atoms with E-state index >= 15 is 0 Å². The number of amides is 2. The molecule has 0 spiro atoms. The highest BCUT2D eigenvalue weighted by atomic mass is 35.5. The van der Waals surface area contributed by atoms with Crippen LogP contribution < -0.4 is 19.7 Å². The second-order valence-electron chi connectivity index (χ2n) is 6.85. The molecule has 166 valence electrons. The fourth-order valence-electron chi connectivity index (χ4n) is 3.15. The number of ether oxygens (including phenoxy) is 2. The summed E-state index contributed by atoms with van der Waals surface area (Å²) in [4.78, 5) is 38.9. The normalized spacial score (nSPS) is 13.4. The van der Waals surface area contributed by atoms with Crippen molar-refractivity contribution in [2.45, 2.75) is 0 Å². The van der Waals surface area contributed by atoms with Crippen molar-refractivity contribution in [3.05, 3.63) is 94.1 Å². The Hall–Kier alpha value is -3.81. The van der Waals surface area contributed by atoms with Crippen LogP contribution in [-0.2, 0) is 9.59 Å². The van der Waals surface area contributed by atoms with Crippen molar-refractivity contribution in [2.24, 2.45) is 0 Å². The molecule has 0 saturated carbocycles. The maximum atomic E-state index is 13.0. The van der Waals surface area contributed by atoms with E-state index in [9.17, 15) is 14.4 Å². The highest BCUT2D eigenvalue weighted by molar-refractivity contribution is 6.53. The molecule has 0 fully saturated rings. The number of esters is 1. The van der Waals surface area contributed by atoms with Crippen LogP contribution in [0.25, 0.3) is 0 Å². The first-order valence-corrected chi connectivity index (χ1v) is 10.4. The lowest BCUT2D eigenvalue weighted by Crippen LogP contribution is -2.32. The van der Waals surface area contributed by atoms with Crippen LogP contribution in [0.2, 0.25) is 5.02 Å². The van der Waals surface area contributed by atoms with Crippen LogP contribution in [0.3, 0.4) is 0 Å². The van der Waals surface area contributed by atoms with Gasteiger partial charge in [0.1, 0.15) is 22.2 Å². The predicted molar refractivity (Wildman–Crippen MR) is 125 cm³/mol.